The molecule has 0 bridgehead atoms. The number of aromatic nitrogens is 1. The number of rotatable bonds is 4. The summed E-state index contributed by atoms with van der Waals surface area (Å²) in [4.78, 5) is 9.78. The van der Waals surface area contributed by atoms with Crippen LogP contribution in [-0.4, -0.2) is 48.6 Å². The molecule has 4 nitrogen and oxygen atoms in total. The van der Waals surface area contributed by atoms with Crippen molar-refractivity contribution in [3.05, 3.63) is 22.9 Å². The fourth-order valence-electron chi connectivity index (χ4n) is 3.19. The lowest BCUT2D eigenvalue weighted by atomic mass is 9.96. The zero-order valence-corrected chi connectivity index (χ0v) is 14.3. The maximum absolute atomic E-state index is 5.92. The largest absolute Gasteiger partial charge is 0.389 e. The summed E-state index contributed by atoms with van der Waals surface area (Å²) in [5, 5.41) is 0. The van der Waals surface area contributed by atoms with Crippen molar-refractivity contribution in [1.82, 2.24) is 9.88 Å². The highest BCUT2D eigenvalue weighted by Gasteiger charge is 2.24. The Labute approximate surface area is 133 Å². The molecule has 0 unspecified atom stereocenters. The maximum atomic E-state index is 5.92. The Balaban J connectivity index is 2.18. The number of piperidine rings is 1. The van der Waals surface area contributed by atoms with E-state index in [1.807, 2.05) is 6.92 Å². The molecule has 5 heteroatoms. The number of aryl methyl sites for hydroxylation is 2. The van der Waals surface area contributed by atoms with Crippen molar-refractivity contribution in [2.45, 2.75) is 26.7 Å². The molecular weight excluding hydrogens is 280 g/mol. The molecule has 0 saturated carbocycles. The molecule has 116 valence electrons. The molecule has 1 saturated heterocycles. The van der Waals surface area contributed by atoms with Gasteiger partial charge in [0.15, 0.2) is 0 Å². The van der Waals surface area contributed by atoms with E-state index in [0.717, 1.165) is 48.2 Å². The van der Waals surface area contributed by atoms with Crippen molar-refractivity contribution in [3.63, 3.8) is 0 Å². The van der Waals surface area contributed by atoms with E-state index in [9.17, 15) is 0 Å². The zero-order chi connectivity index (χ0) is 15.6. The summed E-state index contributed by atoms with van der Waals surface area (Å²) in [6, 6.07) is 2.05. The lowest BCUT2D eigenvalue weighted by molar-refractivity contribution is 0.284. The quantitative estimate of drug-likeness (QED) is 0.863. The van der Waals surface area contributed by atoms with Gasteiger partial charge in [-0.25, -0.2) is 4.98 Å². The molecule has 1 aliphatic heterocycles. The zero-order valence-electron chi connectivity index (χ0n) is 13.5. The van der Waals surface area contributed by atoms with Gasteiger partial charge in [-0.3, -0.25) is 0 Å². The fourth-order valence-corrected chi connectivity index (χ4v) is 3.45. The number of pyridine rings is 1. The molecule has 0 radical (unpaired) electrons. The first-order valence-electron chi connectivity index (χ1n) is 7.56. The number of hydrogen-bond donors (Lipinski definition) is 1. The van der Waals surface area contributed by atoms with E-state index >= 15 is 0 Å². The highest BCUT2D eigenvalue weighted by atomic mass is 32.1. The van der Waals surface area contributed by atoms with Crippen LogP contribution in [0.5, 0.6) is 0 Å². The van der Waals surface area contributed by atoms with Crippen LogP contribution in [0.15, 0.2) is 6.07 Å². The minimum Gasteiger partial charge on any atom is -0.389 e. The summed E-state index contributed by atoms with van der Waals surface area (Å²) in [5.41, 5.74) is 9.02. The smallest absolute Gasteiger partial charge is 0.139 e. The molecule has 21 heavy (non-hydrogen) atoms. The second-order valence-electron chi connectivity index (χ2n) is 6.34. The Morgan fingerprint density at radius 2 is 2.00 bits per heavy atom. The van der Waals surface area contributed by atoms with Crippen LogP contribution < -0.4 is 10.6 Å². The molecular formula is C16H26N4S. The molecule has 2 N–H and O–H groups in total. The summed E-state index contributed by atoms with van der Waals surface area (Å²) in [6.07, 6.45) is 2.40. The lowest BCUT2D eigenvalue weighted by Crippen LogP contribution is -2.38. The summed E-state index contributed by atoms with van der Waals surface area (Å²) >= 11 is 5.23. The SMILES string of the molecule is Cc1cc(C)c(C(N)=S)c(N2CCC(CN(C)C)CC2)n1. The molecule has 1 aromatic heterocycles. The first kappa shape index (κ1) is 16.2. The number of nitrogens with two attached hydrogens (primary N) is 1. The summed E-state index contributed by atoms with van der Waals surface area (Å²) in [6.45, 7) is 7.31. The van der Waals surface area contributed by atoms with Crippen molar-refractivity contribution < 1.29 is 0 Å². The van der Waals surface area contributed by atoms with Crippen LogP contribution in [-0.2, 0) is 0 Å². The van der Waals surface area contributed by atoms with Gasteiger partial charge in [0, 0.05) is 25.3 Å². The van der Waals surface area contributed by atoms with E-state index in [1.165, 1.54) is 12.8 Å². The van der Waals surface area contributed by atoms with Crippen molar-refractivity contribution in [2.75, 3.05) is 38.6 Å². The predicted octanol–water partition coefficient (Wildman–Crippen LogP) is 2.11. The highest BCUT2D eigenvalue weighted by molar-refractivity contribution is 7.80. The van der Waals surface area contributed by atoms with Crippen LogP contribution in [0, 0.1) is 19.8 Å². The standard InChI is InChI=1S/C16H26N4S/c1-11-9-12(2)18-16(14(11)15(17)21)20-7-5-13(6-8-20)10-19(3)4/h9,13H,5-8,10H2,1-4H3,(H2,17,21). The van der Waals surface area contributed by atoms with Gasteiger partial charge in [0.2, 0.25) is 0 Å². The van der Waals surface area contributed by atoms with Crippen molar-refractivity contribution in [2.24, 2.45) is 11.7 Å². The van der Waals surface area contributed by atoms with Gasteiger partial charge in [-0.1, -0.05) is 12.2 Å². The van der Waals surface area contributed by atoms with E-state index in [4.69, 9.17) is 22.9 Å². The van der Waals surface area contributed by atoms with Crippen LogP contribution in [0.2, 0.25) is 0 Å². The maximum Gasteiger partial charge on any atom is 0.139 e. The van der Waals surface area contributed by atoms with E-state index in [2.05, 4.69) is 36.9 Å². The predicted molar refractivity (Wildman–Crippen MR) is 93.1 cm³/mol. The van der Waals surface area contributed by atoms with Gasteiger partial charge in [0.1, 0.15) is 10.8 Å². The average Bonchev–Trinajstić information content (AvgIpc) is 2.37. The molecule has 1 aliphatic rings. The van der Waals surface area contributed by atoms with Crippen molar-refractivity contribution >= 4 is 23.0 Å². The third kappa shape index (κ3) is 3.92. The molecule has 0 amide bonds. The Hall–Kier alpha value is -1.20. The lowest BCUT2D eigenvalue weighted by Gasteiger charge is -2.35. The molecule has 1 fully saturated rings. The summed E-state index contributed by atoms with van der Waals surface area (Å²) in [5.74, 6) is 1.75. The number of thiocarbonyl (C=S) groups is 1. The van der Waals surface area contributed by atoms with Crippen LogP contribution in [0.25, 0.3) is 0 Å². The molecule has 0 aromatic carbocycles. The van der Waals surface area contributed by atoms with Gasteiger partial charge >= 0.3 is 0 Å². The van der Waals surface area contributed by atoms with E-state index in [0.29, 0.717) is 4.99 Å². The van der Waals surface area contributed by atoms with Gasteiger partial charge < -0.3 is 15.5 Å². The van der Waals surface area contributed by atoms with Crippen LogP contribution in [0.3, 0.4) is 0 Å². The fraction of sp³-hybridized carbons (Fsp3) is 0.625. The number of nitrogens with zero attached hydrogens (tertiary/aromatic N) is 3. The first-order chi connectivity index (χ1) is 9.88. The molecule has 0 spiro atoms. The number of hydrogen-bond acceptors (Lipinski definition) is 4. The Kier molecular flexibility index (Phi) is 5.17. The molecule has 1 aromatic rings. The van der Waals surface area contributed by atoms with Crippen molar-refractivity contribution in [3.8, 4) is 0 Å². The Morgan fingerprint density at radius 3 is 2.52 bits per heavy atom. The second kappa shape index (κ2) is 6.71. The third-order valence-electron chi connectivity index (χ3n) is 4.11. The van der Waals surface area contributed by atoms with Gasteiger partial charge in [0.25, 0.3) is 0 Å². The Bertz CT molecular complexity index is 519. The second-order valence-corrected chi connectivity index (χ2v) is 6.78. The van der Waals surface area contributed by atoms with Gasteiger partial charge in [0.05, 0.1) is 5.56 Å². The first-order valence-corrected chi connectivity index (χ1v) is 7.97. The van der Waals surface area contributed by atoms with Crippen LogP contribution in [0.1, 0.15) is 29.7 Å². The minimum atomic E-state index is 0.449. The normalized spacial score (nSPS) is 16.5. The Morgan fingerprint density at radius 1 is 1.38 bits per heavy atom. The highest BCUT2D eigenvalue weighted by Crippen LogP contribution is 2.27. The molecule has 2 rings (SSSR count). The topological polar surface area (TPSA) is 45.4 Å². The van der Waals surface area contributed by atoms with E-state index < -0.39 is 0 Å². The summed E-state index contributed by atoms with van der Waals surface area (Å²) in [7, 11) is 4.28. The van der Waals surface area contributed by atoms with Gasteiger partial charge in [-0.2, -0.15) is 0 Å². The third-order valence-corrected chi connectivity index (χ3v) is 4.31. The molecule has 0 atom stereocenters. The summed E-state index contributed by atoms with van der Waals surface area (Å²) < 4.78 is 0. The van der Waals surface area contributed by atoms with Gasteiger partial charge in [-0.15, -0.1) is 0 Å². The molecule has 2 heterocycles. The molecule has 0 aliphatic carbocycles. The average molecular weight is 306 g/mol. The van der Waals surface area contributed by atoms with Crippen molar-refractivity contribution in [1.29, 1.82) is 0 Å². The van der Waals surface area contributed by atoms with E-state index in [1.54, 1.807) is 0 Å². The van der Waals surface area contributed by atoms with Crippen LogP contribution >= 0.6 is 12.2 Å². The van der Waals surface area contributed by atoms with Crippen LogP contribution in [0.4, 0.5) is 5.82 Å². The minimum absolute atomic E-state index is 0.449. The van der Waals surface area contributed by atoms with Gasteiger partial charge in [-0.05, 0) is 58.3 Å². The van der Waals surface area contributed by atoms with E-state index in [-0.39, 0.29) is 0 Å². The number of anilines is 1. The monoisotopic (exact) mass is 306 g/mol.